The largest absolute Gasteiger partial charge is 0.496 e. The van der Waals surface area contributed by atoms with Crippen molar-refractivity contribution in [3.63, 3.8) is 0 Å². The minimum atomic E-state index is -2.34. The van der Waals surface area contributed by atoms with Crippen LogP contribution in [0.15, 0.2) is 83.9 Å². The SMILES string of the molecule is COc1c(C(C)(C)C)cc2c(c1-c1ccccc1)C([Si](C)(C)C1=C(C)Cc3cc(C(C)(C)C)c(OC)c(-c4ccccc4)c31)=C(C)C2. The van der Waals surface area contributed by atoms with Crippen LogP contribution in [-0.4, -0.2) is 22.3 Å². The second kappa shape index (κ2) is 11.7. The molecule has 0 N–H and O–H groups in total. The predicted molar refractivity (Wildman–Crippen MR) is 204 cm³/mol. The number of rotatable bonds is 6. The maximum absolute atomic E-state index is 6.40. The third-order valence-corrected chi connectivity index (χ3v) is 14.2. The Balaban J connectivity index is 1.67. The first kappa shape index (κ1) is 33.1. The van der Waals surface area contributed by atoms with Gasteiger partial charge in [-0.15, -0.1) is 0 Å². The standard InChI is InChI=1S/C44H52O2Si/c1-27-23-31-25-33(43(3,4)5)39(45-9)35(29-19-15-13-16-20-29)37(31)41(27)47(11,12)42-28(2)24-32-26-34(44(6,7)8)40(46-10)36(38(32)42)30-21-17-14-18-22-30/h13-22,25-26H,23-24H2,1-12H3. The molecule has 3 heteroatoms. The smallest absolute Gasteiger partial charge is 0.131 e. The van der Waals surface area contributed by atoms with Gasteiger partial charge < -0.3 is 9.47 Å². The van der Waals surface area contributed by atoms with Gasteiger partial charge in [-0.05, 0) is 81.3 Å². The lowest BCUT2D eigenvalue weighted by molar-refractivity contribution is 0.399. The van der Waals surface area contributed by atoms with E-state index in [4.69, 9.17) is 9.47 Å². The molecule has 0 amide bonds. The molecule has 0 aliphatic heterocycles. The van der Waals surface area contributed by atoms with E-state index in [0.717, 1.165) is 24.3 Å². The highest BCUT2D eigenvalue weighted by molar-refractivity contribution is 7.09. The van der Waals surface area contributed by atoms with E-state index in [0.29, 0.717) is 0 Å². The fourth-order valence-corrected chi connectivity index (χ4v) is 13.0. The van der Waals surface area contributed by atoms with Crippen molar-refractivity contribution in [2.24, 2.45) is 0 Å². The third-order valence-electron chi connectivity index (χ3n) is 10.4. The quantitative estimate of drug-likeness (QED) is 0.195. The molecule has 2 nitrogen and oxygen atoms in total. The summed E-state index contributed by atoms with van der Waals surface area (Å²) >= 11 is 0. The molecular weight excluding hydrogens is 589 g/mol. The van der Waals surface area contributed by atoms with Crippen LogP contribution in [0.1, 0.15) is 88.8 Å². The van der Waals surface area contributed by atoms with Gasteiger partial charge in [0, 0.05) is 22.3 Å². The molecule has 4 aromatic rings. The first-order valence-electron chi connectivity index (χ1n) is 17.1. The van der Waals surface area contributed by atoms with Crippen LogP contribution in [0.2, 0.25) is 13.1 Å². The molecule has 0 heterocycles. The first-order valence-corrected chi connectivity index (χ1v) is 20.1. The van der Waals surface area contributed by atoms with Gasteiger partial charge in [-0.25, -0.2) is 0 Å². The number of hydrogen-bond donors (Lipinski definition) is 0. The van der Waals surface area contributed by atoms with Crippen molar-refractivity contribution in [2.45, 2.75) is 92.2 Å². The lowest BCUT2D eigenvalue weighted by Crippen LogP contribution is -2.32. The van der Waals surface area contributed by atoms with Crippen LogP contribution >= 0.6 is 0 Å². The number of hydrogen-bond acceptors (Lipinski definition) is 2. The van der Waals surface area contributed by atoms with Crippen molar-refractivity contribution in [2.75, 3.05) is 14.2 Å². The third kappa shape index (κ3) is 5.41. The maximum atomic E-state index is 6.40. The lowest BCUT2D eigenvalue weighted by Gasteiger charge is -2.34. The first-order chi connectivity index (χ1) is 22.1. The van der Waals surface area contributed by atoms with Crippen LogP contribution in [0, 0.1) is 0 Å². The minimum Gasteiger partial charge on any atom is -0.496 e. The summed E-state index contributed by atoms with van der Waals surface area (Å²) in [5, 5.41) is 3.12. The monoisotopic (exact) mass is 640 g/mol. The fraction of sp³-hybridized carbons (Fsp3) is 0.364. The zero-order chi connectivity index (χ0) is 34.1. The molecule has 0 saturated heterocycles. The van der Waals surface area contributed by atoms with Crippen LogP contribution in [-0.2, 0) is 23.7 Å². The maximum Gasteiger partial charge on any atom is 0.131 e. The number of methoxy groups -OCH3 is 2. The molecule has 0 unspecified atom stereocenters. The number of fused-ring (bicyclic) bond motifs is 2. The lowest BCUT2D eigenvalue weighted by atomic mass is 9.81. The van der Waals surface area contributed by atoms with Gasteiger partial charge in [-0.2, -0.15) is 0 Å². The van der Waals surface area contributed by atoms with E-state index < -0.39 is 8.07 Å². The summed E-state index contributed by atoms with van der Waals surface area (Å²) < 4.78 is 12.8. The van der Waals surface area contributed by atoms with E-state index in [1.165, 1.54) is 66.8 Å². The van der Waals surface area contributed by atoms with Crippen LogP contribution in [0.4, 0.5) is 0 Å². The Kier molecular flexibility index (Phi) is 8.24. The molecule has 0 aromatic heterocycles. The summed E-state index contributed by atoms with van der Waals surface area (Å²) in [6.45, 7) is 23.8. The Morgan fingerprint density at radius 3 is 1.17 bits per heavy atom. The molecule has 0 fully saturated rings. The normalized spacial score (nSPS) is 14.9. The van der Waals surface area contributed by atoms with Crippen LogP contribution in [0.5, 0.6) is 11.5 Å². The number of ether oxygens (including phenoxy) is 2. The molecule has 0 spiro atoms. The van der Waals surface area contributed by atoms with E-state index in [-0.39, 0.29) is 10.8 Å². The van der Waals surface area contributed by atoms with Crippen molar-refractivity contribution in [3.05, 3.63) is 117 Å². The highest BCUT2D eigenvalue weighted by atomic mass is 28.3. The Hall–Kier alpha value is -3.82. The molecule has 0 radical (unpaired) electrons. The molecule has 0 atom stereocenters. The number of benzene rings is 4. The van der Waals surface area contributed by atoms with Gasteiger partial charge in [0.2, 0.25) is 0 Å². The molecule has 2 aliphatic rings. The van der Waals surface area contributed by atoms with Crippen LogP contribution < -0.4 is 9.47 Å². The molecule has 0 saturated carbocycles. The zero-order valence-corrected chi connectivity index (χ0v) is 31.7. The summed E-state index contributed by atoms with van der Waals surface area (Å²) in [5.74, 6) is 2.02. The zero-order valence-electron chi connectivity index (χ0n) is 30.7. The van der Waals surface area contributed by atoms with Crippen LogP contribution in [0.3, 0.4) is 0 Å². The number of allylic oxidation sites excluding steroid dienone is 2. The fourth-order valence-electron chi connectivity index (χ4n) is 8.58. The van der Waals surface area contributed by atoms with Crippen molar-refractivity contribution >= 4 is 18.5 Å². The second-order valence-corrected chi connectivity index (χ2v) is 20.5. The average Bonchev–Trinajstić information content (AvgIpc) is 3.54. The Morgan fingerprint density at radius 1 is 0.532 bits per heavy atom. The van der Waals surface area contributed by atoms with E-state index in [9.17, 15) is 0 Å². The molecule has 244 valence electrons. The summed E-state index contributed by atoms with van der Waals surface area (Å²) in [4.78, 5) is 0. The average molecular weight is 641 g/mol. The van der Waals surface area contributed by atoms with E-state index in [1.54, 1.807) is 10.4 Å². The summed E-state index contributed by atoms with van der Waals surface area (Å²) in [7, 11) is 1.35. The van der Waals surface area contributed by atoms with Gasteiger partial charge >= 0.3 is 0 Å². The minimum absolute atomic E-state index is 0.0527. The molecule has 47 heavy (non-hydrogen) atoms. The highest BCUT2D eigenvalue weighted by Gasteiger charge is 2.45. The predicted octanol–water partition coefficient (Wildman–Crippen LogP) is 11.8. The van der Waals surface area contributed by atoms with Gasteiger partial charge in [-0.1, -0.05) is 139 Å². The van der Waals surface area contributed by atoms with E-state index in [1.807, 2.05) is 14.2 Å². The molecule has 6 rings (SSSR count). The second-order valence-electron chi connectivity index (χ2n) is 16.3. The van der Waals surface area contributed by atoms with Crippen molar-refractivity contribution in [1.29, 1.82) is 0 Å². The molecule has 2 aliphatic carbocycles. The van der Waals surface area contributed by atoms with Crippen molar-refractivity contribution in [1.82, 2.24) is 0 Å². The van der Waals surface area contributed by atoms with Crippen molar-refractivity contribution in [3.8, 4) is 33.8 Å². The Bertz CT molecular complexity index is 1790. The topological polar surface area (TPSA) is 18.5 Å². The van der Waals surface area contributed by atoms with Gasteiger partial charge in [0.25, 0.3) is 0 Å². The van der Waals surface area contributed by atoms with E-state index >= 15 is 0 Å². The Labute approximate surface area is 284 Å². The van der Waals surface area contributed by atoms with Crippen LogP contribution in [0.25, 0.3) is 32.6 Å². The molecular formula is C44H52O2Si. The van der Waals surface area contributed by atoms with Crippen molar-refractivity contribution < 1.29 is 9.47 Å². The highest BCUT2D eigenvalue weighted by Crippen LogP contribution is 2.57. The molecule has 0 bridgehead atoms. The summed E-state index contributed by atoms with van der Waals surface area (Å²) in [6.07, 6.45) is 1.95. The Morgan fingerprint density at radius 2 is 0.872 bits per heavy atom. The van der Waals surface area contributed by atoms with Gasteiger partial charge in [-0.3, -0.25) is 0 Å². The van der Waals surface area contributed by atoms with Gasteiger partial charge in [0.15, 0.2) is 0 Å². The molecule has 4 aromatic carbocycles. The summed E-state index contributed by atoms with van der Waals surface area (Å²) in [6, 6.07) is 26.8. The van der Waals surface area contributed by atoms with E-state index in [2.05, 4.69) is 141 Å². The van der Waals surface area contributed by atoms with Gasteiger partial charge in [0.05, 0.1) is 14.2 Å². The summed E-state index contributed by atoms with van der Waals surface area (Å²) in [5.41, 5.74) is 16.1. The van der Waals surface area contributed by atoms with Gasteiger partial charge in [0.1, 0.15) is 19.6 Å².